The zero-order valence-corrected chi connectivity index (χ0v) is 8.03. The van der Waals surface area contributed by atoms with E-state index in [4.69, 9.17) is 7.85 Å². The molecule has 1 aromatic heterocycles. The highest BCUT2D eigenvalue weighted by Crippen LogP contribution is 2.13. The third kappa shape index (κ3) is 1.81. The van der Waals surface area contributed by atoms with Gasteiger partial charge in [-0.3, -0.25) is 0 Å². The van der Waals surface area contributed by atoms with Crippen molar-refractivity contribution in [2.24, 2.45) is 0 Å². The number of carbonyl (C=O) groups excluding carboxylic acids is 1. The van der Waals surface area contributed by atoms with E-state index in [0.717, 1.165) is 0 Å². The zero-order valence-electron chi connectivity index (χ0n) is 5.63. The molecular formula is C5H3BBrNO2S. The predicted molar refractivity (Wildman–Crippen MR) is 46.5 cm³/mol. The van der Waals surface area contributed by atoms with Crippen LogP contribution in [0.1, 0.15) is 10.5 Å². The maximum atomic E-state index is 10.9. The lowest BCUT2D eigenvalue weighted by atomic mass is 10.1. The van der Waals surface area contributed by atoms with Gasteiger partial charge in [0.05, 0.1) is 7.11 Å². The number of esters is 1. The molecule has 0 unspecified atom stereocenters. The second-order valence-electron chi connectivity index (χ2n) is 1.67. The fraction of sp³-hybridized carbons (Fsp3) is 0.200. The van der Waals surface area contributed by atoms with Crippen molar-refractivity contribution in [2.45, 2.75) is 0 Å². The summed E-state index contributed by atoms with van der Waals surface area (Å²) in [6, 6.07) is 0. The highest BCUT2D eigenvalue weighted by Gasteiger charge is 2.13. The summed E-state index contributed by atoms with van der Waals surface area (Å²) in [5, 5.41) is 0. The molecule has 1 heterocycles. The summed E-state index contributed by atoms with van der Waals surface area (Å²) in [6.45, 7) is 0. The van der Waals surface area contributed by atoms with E-state index in [2.05, 4.69) is 25.7 Å². The number of aromatic nitrogens is 1. The van der Waals surface area contributed by atoms with Crippen molar-refractivity contribution in [3.05, 3.63) is 9.61 Å². The molecule has 11 heavy (non-hydrogen) atoms. The first-order chi connectivity index (χ1) is 5.15. The Labute approximate surface area is 77.3 Å². The van der Waals surface area contributed by atoms with Crippen molar-refractivity contribution < 1.29 is 9.53 Å². The molecule has 3 nitrogen and oxygen atoms in total. The van der Waals surface area contributed by atoms with Crippen LogP contribution >= 0.6 is 27.3 Å². The van der Waals surface area contributed by atoms with Crippen LogP contribution in [-0.4, -0.2) is 25.9 Å². The van der Waals surface area contributed by atoms with Gasteiger partial charge < -0.3 is 4.74 Å². The fourth-order valence-electron chi connectivity index (χ4n) is 0.548. The Morgan fingerprint density at radius 2 is 2.45 bits per heavy atom. The Bertz CT molecular complexity index is 288. The van der Waals surface area contributed by atoms with Gasteiger partial charge in [-0.2, -0.15) is 0 Å². The standard InChI is InChI=1S/C5H3BBrNO2S/c1-10-4(9)2-3(6)11-5(7)8-2/h1H3. The van der Waals surface area contributed by atoms with Crippen LogP contribution in [-0.2, 0) is 4.74 Å². The number of rotatable bonds is 1. The predicted octanol–water partition coefficient (Wildman–Crippen LogP) is 0.486. The maximum absolute atomic E-state index is 10.9. The number of methoxy groups -OCH3 is 1. The third-order valence-corrected chi connectivity index (χ3v) is 2.34. The molecule has 56 valence electrons. The van der Waals surface area contributed by atoms with Crippen LogP contribution in [0.4, 0.5) is 0 Å². The first-order valence-electron chi connectivity index (χ1n) is 2.65. The van der Waals surface area contributed by atoms with Crippen LogP contribution in [0.15, 0.2) is 3.92 Å². The van der Waals surface area contributed by atoms with Gasteiger partial charge >= 0.3 is 5.97 Å². The molecule has 0 bridgehead atoms. The highest BCUT2D eigenvalue weighted by molar-refractivity contribution is 9.11. The first kappa shape index (κ1) is 8.74. The van der Waals surface area contributed by atoms with E-state index < -0.39 is 5.97 Å². The Morgan fingerprint density at radius 1 is 1.82 bits per heavy atom. The van der Waals surface area contributed by atoms with Crippen molar-refractivity contribution in [1.82, 2.24) is 4.98 Å². The van der Waals surface area contributed by atoms with Crippen LogP contribution in [0.3, 0.4) is 0 Å². The third-order valence-electron chi connectivity index (χ3n) is 1.01. The van der Waals surface area contributed by atoms with Crippen molar-refractivity contribution in [1.29, 1.82) is 0 Å². The molecule has 0 N–H and O–H groups in total. The lowest BCUT2D eigenvalue weighted by Gasteiger charge is -1.93. The van der Waals surface area contributed by atoms with E-state index in [1.165, 1.54) is 18.4 Å². The van der Waals surface area contributed by atoms with E-state index >= 15 is 0 Å². The molecule has 0 aliphatic carbocycles. The molecule has 0 saturated carbocycles. The minimum atomic E-state index is -0.510. The molecule has 0 atom stereocenters. The van der Waals surface area contributed by atoms with Gasteiger partial charge in [0.1, 0.15) is 7.85 Å². The molecule has 0 aliphatic rings. The lowest BCUT2D eigenvalue weighted by molar-refractivity contribution is 0.0596. The summed E-state index contributed by atoms with van der Waals surface area (Å²) >= 11 is 4.30. The van der Waals surface area contributed by atoms with Crippen LogP contribution in [0.2, 0.25) is 0 Å². The Morgan fingerprint density at radius 3 is 2.82 bits per heavy atom. The number of ether oxygens (including phenoxy) is 1. The fourth-order valence-corrected chi connectivity index (χ4v) is 1.79. The number of hydrogen-bond acceptors (Lipinski definition) is 4. The highest BCUT2D eigenvalue weighted by atomic mass is 79.9. The summed E-state index contributed by atoms with van der Waals surface area (Å²) in [5.74, 6) is -0.510. The van der Waals surface area contributed by atoms with E-state index in [9.17, 15) is 4.79 Å². The first-order valence-corrected chi connectivity index (χ1v) is 4.26. The summed E-state index contributed by atoms with van der Waals surface area (Å²) < 4.78 is 5.38. The van der Waals surface area contributed by atoms with Gasteiger partial charge in [0.25, 0.3) is 0 Å². The van der Waals surface area contributed by atoms with E-state index in [1.54, 1.807) is 0 Å². The van der Waals surface area contributed by atoms with Gasteiger partial charge in [-0.05, 0) is 20.7 Å². The zero-order chi connectivity index (χ0) is 8.43. The molecule has 2 radical (unpaired) electrons. The quantitative estimate of drug-likeness (QED) is 0.522. The molecule has 0 saturated heterocycles. The molecule has 0 amide bonds. The minimum Gasteiger partial charge on any atom is -0.464 e. The van der Waals surface area contributed by atoms with Crippen LogP contribution in [0.25, 0.3) is 0 Å². The van der Waals surface area contributed by atoms with Crippen LogP contribution in [0, 0.1) is 0 Å². The SMILES string of the molecule is [B]c1sc(Br)nc1C(=O)OC. The molecule has 1 aromatic rings. The van der Waals surface area contributed by atoms with Crippen molar-refractivity contribution >= 4 is 45.9 Å². The maximum Gasteiger partial charge on any atom is 0.356 e. The molecule has 0 aromatic carbocycles. The minimum absolute atomic E-state index is 0.171. The topological polar surface area (TPSA) is 39.2 Å². The smallest absolute Gasteiger partial charge is 0.356 e. The number of carbonyl (C=O) groups is 1. The number of thiazole rings is 1. The second-order valence-corrected chi connectivity index (χ2v) is 3.98. The van der Waals surface area contributed by atoms with E-state index in [0.29, 0.717) is 8.69 Å². The molecule has 0 aliphatic heterocycles. The Kier molecular flexibility index (Phi) is 2.67. The lowest BCUT2D eigenvalue weighted by Crippen LogP contribution is -2.13. The Balaban J connectivity index is 3.03. The number of halogens is 1. The molecule has 0 spiro atoms. The van der Waals surface area contributed by atoms with Crippen molar-refractivity contribution in [3.8, 4) is 0 Å². The van der Waals surface area contributed by atoms with Gasteiger partial charge in [-0.1, -0.05) is 0 Å². The normalized spacial score (nSPS) is 9.64. The van der Waals surface area contributed by atoms with Crippen molar-refractivity contribution in [3.63, 3.8) is 0 Å². The molecular weight excluding hydrogens is 229 g/mol. The molecule has 6 heteroatoms. The molecule has 1 rings (SSSR count). The average molecular weight is 232 g/mol. The van der Waals surface area contributed by atoms with E-state index in [-0.39, 0.29) is 5.69 Å². The van der Waals surface area contributed by atoms with Gasteiger partial charge in [-0.15, -0.1) is 11.3 Å². The van der Waals surface area contributed by atoms with E-state index in [1.807, 2.05) is 0 Å². The largest absolute Gasteiger partial charge is 0.464 e. The summed E-state index contributed by atoms with van der Waals surface area (Å²) in [4.78, 5) is 14.7. The second kappa shape index (κ2) is 3.36. The Hall–Kier alpha value is -0.355. The number of hydrogen-bond donors (Lipinski definition) is 0. The van der Waals surface area contributed by atoms with Gasteiger partial charge in [0.2, 0.25) is 0 Å². The average Bonchev–Trinajstić information content (AvgIpc) is 2.28. The number of nitrogens with zero attached hydrogens (tertiary/aromatic N) is 1. The summed E-state index contributed by atoms with van der Waals surface area (Å²) in [7, 11) is 6.73. The van der Waals surface area contributed by atoms with Gasteiger partial charge in [-0.25, -0.2) is 9.78 Å². The van der Waals surface area contributed by atoms with Crippen LogP contribution in [0.5, 0.6) is 0 Å². The van der Waals surface area contributed by atoms with Crippen LogP contribution < -0.4 is 4.78 Å². The monoisotopic (exact) mass is 231 g/mol. The van der Waals surface area contributed by atoms with Gasteiger partial charge in [0.15, 0.2) is 9.61 Å². The van der Waals surface area contributed by atoms with Gasteiger partial charge in [0, 0.05) is 0 Å². The molecule has 0 fully saturated rings. The van der Waals surface area contributed by atoms with Crippen molar-refractivity contribution in [2.75, 3.05) is 7.11 Å². The summed E-state index contributed by atoms with van der Waals surface area (Å²) in [5.41, 5.74) is 0.171. The summed E-state index contributed by atoms with van der Waals surface area (Å²) in [6.07, 6.45) is 0.